The molecule has 0 aliphatic rings. The summed E-state index contributed by atoms with van der Waals surface area (Å²) in [7, 11) is 0. The van der Waals surface area contributed by atoms with E-state index in [1.165, 1.54) is 0 Å². The van der Waals surface area contributed by atoms with Crippen LogP contribution in [0.2, 0.25) is 0 Å². The van der Waals surface area contributed by atoms with Gasteiger partial charge in [-0.05, 0) is 50.7 Å². The maximum absolute atomic E-state index is 13.1. The lowest BCUT2D eigenvalue weighted by Gasteiger charge is -2.29. The van der Waals surface area contributed by atoms with Crippen molar-refractivity contribution in [3.63, 3.8) is 0 Å². The predicted octanol–water partition coefficient (Wildman–Crippen LogP) is 4.16. The molecule has 0 aliphatic heterocycles. The fourth-order valence-electron chi connectivity index (χ4n) is 4.26. The van der Waals surface area contributed by atoms with Crippen LogP contribution in [0.1, 0.15) is 44.2 Å². The minimum Gasteiger partial charge on any atom is -0.463 e. The number of ether oxygens (including phenoxy) is 1. The molecule has 3 atom stereocenters. The zero-order valence-corrected chi connectivity index (χ0v) is 23.1. The van der Waals surface area contributed by atoms with Crippen LogP contribution in [-0.2, 0) is 32.0 Å². The molecule has 0 radical (unpaired) electrons. The maximum Gasteiger partial charge on any atom is 0.309 e. The minimum atomic E-state index is -0.852. The molecule has 7 heteroatoms. The molecule has 39 heavy (non-hydrogen) atoms. The van der Waals surface area contributed by atoms with Crippen molar-refractivity contribution < 1.29 is 24.2 Å². The molecule has 2 amide bonds. The SMILES string of the molecule is C=CC[C@H](CC(=O)N[C@@H](CO)Cc1ccccc1)C(=O)NC(C)(C)COC(=O)[C@H](CC=C)Cc1ccccc1. The van der Waals surface area contributed by atoms with Crippen LogP contribution in [0.5, 0.6) is 0 Å². The zero-order chi connectivity index (χ0) is 28.7. The second kappa shape index (κ2) is 16.3. The second-order valence-corrected chi connectivity index (χ2v) is 10.5. The third-order valence-electron chi connectivity index (χ3n) is 6.31. The summed E-state index contributed by atoms with van der Waals surface area (Å²) in [5.41, 5.74) is 1.17. The minimum absolute atomic E-state index is 0.0172. The van der Waals surface area contributed by atoms with Gasteiger partial charge in [-0.1, -0.05) is 72.8 Å². The Hall–Kier alpha value is -3.71. The van der Waals surface area contributed by atoms with Gasteiger partial charge >= 0.3 is 5.97 Å². The summed E-state index contributed by atoms with van der Waals surface area (Å²) in [4.78, 5) is 38.7. The summed E-state index contributed by atoms with van der Waals surface area (Å²) in [6.07, 6.45) is 5.05. The first kappa shape index (κ1) is 31.5. The van der Waals surface area contributed by atoms with Gasteiger partial charge in [0.25, 0.3) is 0 Å². The van der Waals surface area contributed by atoms with Crippen molar-refractivity contribution in [2.75, 3.05) is 13.2 Å². The lowest BCUT2D eigenvalue weighted by atomic mass is 9.96. The Labute approximate surface area is 232 Å². The number of amides is 2. The smallest absolute Gasteiger partial charge is 0.309 e. The first-order valence-electron chi connectivity index (χ1n) is 13.4. The van der Waals surface area contributed by atoms with E-state index in [9.17, 15) is 19.5 Å². The summed E-state index contributed by atoms with van der Waals surface area (Å²) in [6, 6.07) is 18.8. The Morgan fingerprint density at radius 1 is 0.897 bits per heavy atom. The monoisotopic (exact) mass is 534 g/mol. The molecule has 2 rings (SSSR count). The van der Waals surface area contributed by atoms with Crippen molar-refractivity contribution in [3.05, 3.63) is 97.1 Å². The van der Waals surface area contributed by atoms with Crippen molar-refractivity contribution >= 4 is 17.8 Å². The molecule has 3 N–H and O–H groups in total. The van der Waals surface area contributed by atoms with Gasteiger partial charge in [0.05, 0.1) is 30.0 Å². The van der Waals surface area contributed by atoms with E-state index in [0.717, 1.165) is 11.1 Å². The van der Waals surface area contributed by atoms with Gasteiger partial charge in [-0.15, -0.1) is 13.2 Å². The Kier molecular flexibility index (Phi) is 13.2. The average molecular weight is 535 g/mol. The normalized spacial score (nSPS) is 13.4. The van der Waals surface area contributed by atoms with Gasteiger partial charge in [0.1, 0.15) is 6.61 Å². The van der Waals surface area contributed by atoms with Crippen LogP contribution in [-0.4, -0.2) is 47.7 Å². The molecule has 210 valence electrons. The van der Waals surface area contributed by atoms with Gasteiger partial charge in [0, 0.05) is 6.42 Å². The molecule has 0 bridgehead atoms. The molecule has 2 aromatic carbocycles. The average Bonchev–Trinajstić information content (AvgIpc) is 2.91. The van der Waals surface area contributed by atoms with Crippen LogP contribution < -0.4 is 10.6 Å². The molecule has 0 heterocycles. The van der Waals surface area contributed by atoms with E-state index in [-0.39, 0.29) is 43.3 Å². The van der Waals surface area contributed by atoms with Gasteiger partial charge in [-0.2, -0.15) is 0 Å². The van der Waals surface area contributed by atoms with Crippen molar-refractivity contribution in [3.8, 4) is 0 Å². The van der Waals surface area contributed by atoms with Gasteiger partial charge in [-0.25, -0.2) is 0 Å². The number of hydrogen-bond acceptors (Lipinski definition) is 5. The summed E-state index contributed by atoms with van der Waals surface area (Å²) in [6.45, 7) is 10.8. The highest BCUT2D eigenvalue weighted by Gasteiger charge is 2.30. The van der Waals surface area contributed by atoms with Gasteiger partial charge in [0.15, 0.2) is 0 Å². The lowest BCUT2D eigenvalue weighted by Crippen LogP contribution is -2.50. The molecule has 0 aliphatic carbocycles. The zero-order valence-electron chi connectivity index (χ0n) is 23.1. The summed E-state index contributed by atoms with van der Waals surface area (Å²) in [5, 5.41) is 15.5. The van der Waals surface area contributed by atoms with Gasteiger partial charge in [0.2, 0.25) is 11.8 Å². The molecule has 0 saturated carbocycles. The van der Waals surface area contributed by atoms with Crippen molar-refractivity contribution in [1.82, 2.24) is 10.6 Å². The van der Waals surface area contributed by atoms with E-state index in [0.29, 0.717) is 25.7 Å². The Morgan fingerprint density at radius 3 is 1.97 bits per heavy atom. The molecule has 0 unspecified atom stereocenters. The van der Waals surface area contributed by atoms with E-state index in [2.05, 4.69) is 23.8 Å². The highest BCUT2D eigenvalue weighted by atomic mass is 16.5. The number of esters is 1. The fraction of sp³-hybridized carbons (Fsp3) is 0.406. The third kappa shape index (κ3) is 11.7. The molecular weight excluding hydrogens is 492 g/mol. The van der Waals surface area contributed by atoms with Gasteiger partial charge in [-0.3, -0.25) is 14.4 Å². The number of rotatable bonds is 17. The number of benzene rings is 2. The number of aliphatic hydroxyl groups is 1. The number of hydrogen-bond donors (Lipinski definition) is 3. The number of allylic oxidation sites excluding steroid dienone is 2. The summed E-state index contributed by atoms with van der Waals surface area (Å²) >= 11 is 0. The second-order valence-electron chi connectivity index (χ2n) is 10.5. The Bertz CT molecular complexity index is 1070. The van der Waals surface area contributed by atoms with E-state index < -0.39 is 17.5 Å². The highest BCUT2D eigenvalue weighted by Crippen LogP contribution is 2.17. The van der Waals surface area contributed by atoms with Crippen molar-refractivity contribution in [2.24, 2.45) is 11.8 Å². The van der Waals surface area contributed by atoms with Crippen LogP contribution in [0.3, 0.4) is 0 Å². The molecular formula is C32H42N2O5. The highest BCUT2D eigenvalue weighted by molar-refractivity contribution is 5.86. The number of nitrogens with one attached hydrogen (secondary N) is 2. The molecule has 7 nitrogen and oxygen atoms in total. The van der Waals surface area contributed by atoms with Crippen LogP contribution in [0.25, 0.3) is 0 Å². The van der Waals surface area contributed by atoms with Crippen LogP contribution >= 0.6 is 0 Å². The van der Waals surface area contributed by atoms with E-state index in [1.54, 1.807) is 26.0 Å². The number of carbonyl (C=O) groups excluding carboxylic acids is 3. The first-order chi connectivity index (χ1) is 18.7. The van der Waals surface area contributed by atoms with Crippen LogP contribution in [0.15, 0.2) is 86.0 Å². The maximum atomic E-state index is 13.1. The fourth-order valence-corrected chi connectivity index (χ4v) is 4.26. The molecule has 0 aromatic heterocycles. The summed E-state index contributed by atoms with van der Waals surface area (Å²) < 4.78 is 5.61. The third-order valence-corrected chi connectivity index (χ3v) is 6.31. The van der Waals surface area contributed by atoms with Crippen LogP contribution in [0.4, 0.5) is 0 Å². The topological polar surface area (TPSA) is 105 Å². The molecule has 0 spiro atoms. The summed E-state index contributed by atoms with van der Waals surface area (Å²) in [5.74, 6) is -2.04. The lowest BCUT2D eigenvalue weighted by molar-refractivity contribution is -0.151. The van der Waals surface area contributed by atoms with E-state index in [1.807, 2.05) is 60.7 Å². The van der Waals surface area contributed by atoms with Crippen molar-refractivity contribution in [1.29, 1.82) is 0 Å². The van der Waals surface area contributed by atoms with Crippen LogP contribution in [0, 0.1) is 11.8 Å². The molecule has 0 fully saturated rings. The Balaban J connectivity index is 1.92. The first-order valence-corrected chi connectivity index (χ1v) is 13.4. The van der Waals surface area contributed by atoms with Crippen molar-refractivity contribution in [2.45, 2.75) is 57.5 Å². The standard InChI is InChI=1S/C32H42N2O5/c1-5-13-26(21-29(36)33-28(22-35)20-25-17-11-8-12-18-25)30(37)34-32(3,4)23-39-31(38)27(14-6-2)19-24-15-9-7-10-16-24/h5-12,15-18,26-28,35H,1-2,13-14,19-23H2,3-4H3,(H,33,36)(H,34,37)/t26-,27-,28-/m1/s1. The number of carbonyl (C=O) groups is 3. The molecule has 2 aromatic rings. The van der Waals surface area contributed by atoms with Gasteiger partial charge < -0.3 is 20.5 Å². The number of aliphatic hydroxyl groups excluding tert-OH is 1. The van der Waals surface area contributed by atoms with E-state index in [4.69, 9.17) is 4.74 Å². The predicted molar refractivity (Wildman–Crippen MR) is 154 cm³/mol. The Morgan fingerprint density at radius 2 is 1.44 bits per heavy atom. The largest absolute Gasteiger partial charge is 0.463 e. The molecule has 0 saturated heterocycles. The van der Waals surface area contributed by atoms with E-state index >= 15 is 0 Å². The quantitative estimate of drug-likeness (QED) is 0.209.